The van der Waals surface area contributed by atoms with Crippen LogP contribution in [-0.4, -0.2) is 27.1 Å². The van der Waals surface area contributed by atoms with Gasteiger partial charge in [-0.15, -0.1) is 0 Å². The summed E-state index contributed by atoms with van der Waals surface area (Å²) in [6, 6.07) is 7.22. The van der Waals surface area contributed by atoms with E-state index in [1.54, 1.807) is 29.1 Å². The van der Waals surface area contributed by atoms with E-state index in [0.29, 0.717) is 9.79 Å². The average molecular weight is 320 g/mol. The Labute approximate surface area is 133 Å². The van der Waals surface area contributed by atoms with Gasteiger partial charge in [-0.05, 0) is 69.1 Å². The molecule has 0 radical (unpaired) electrons. The summed E-state index contributed by atoms with van der Waals surface area (Å²) in [7, 11) is 2.20. The summed E-state index contributed by atoms with van der Waals surface area (Å²) in [6.07, 6.45) is 7.83. The summed E-state index contributed by atoms with van der Waals surface area (Å²) in [4.78, 5) is 0.783. The monoisotopic (exact) mass is 320 g/mol. The minimum Gasteiger partial charge on any atom is -0.356 e. The molecule has 1 heterocycles. The number of hydrogen-bond acceptors (Lipinski definition) is 3. The first-order chi connectivity index (χ1) is 10.5. The Morgan fingerprint density at radius 2 is 1.64 bits per heavy atom. The molecule has 0 bridgehead atoms. The van der Waals surface area contributed by atoms with Crippen molar-refractivity contribution in [2.75, 3.05) is 14.1 Å². The quantitative estimate of drug-likeness (QED) is 0.925. The van der Waals surface area contributed by atoms with Crippen LogP contribution in [0.2, 0.25) is 0 Å². The first-order valence-corrected chi connectivity index (χ1v) is 9.04. The standard InChI is InChI=1S/C15H17NO2S.C2H7N/c1-16-9-8-15(11-16)19(17,18)14-7-6-12-4-2-3-5-13(12)10-14;1-3-2/h6-11H,2-5H2,1H3;3H,1-2H3. The van der Waals surface area contributed by atoms with Crippen molar-refractivity contribution in [2.24, 2.45) is 7.05 Å². The van der Waals surface area contributed by atoms with E-state index in [0.717, 1.165) is 19.3 Å². The number of benzene rings is 1. The Balaban J connectivity index is 0.000000545. The van der Waals surface area contributed by atoms with Crippen LogP contribution in [0.3, 0.4) is 0 Å². The zero-order valence-electron chi connectivity index (χ0n) is 13.5. The maximum atomic E-state index is 12.5. The second kappa shape index (κ2) is 7.11. The number of nitrogens with zero attached hydrogens (tertiary/aromatic N) is 1. The summed E-state index contributed by atoms with van der Waals surface area (Å²) < 4.78 is 26.8. The summed E-state index contributed by atoms with van der Waals surface area (Å²) in [5.74, 6) is 0. The smallest absolute Gasteiger partial charge is 0.208 e. The minimum absolute atomic E-state index is 0.366. The van der Waals surface area contributed by atoms with Gasteiger partial charge >= 0.3 is 0 Å². The lowest BCUT2D eigenvalue weighted by molar-refractivity contribution is 0.595. The van der Waals surface area contributed by atoms with Gasteiger partial charge < -0.3 is 9.88 Å². The van der Waals surface area contributed by atoms with Gasteiger partial charge in [0.15, 0.2) is 0 Å². The molecule has 0 saturated carbocycles. The fraction of sp³-hybridized carbons (Fsp3) is 0.412. The number of nitrogens with one attached hydrogen (secondary N) is 1. The van der Waals surface area contributed by atoms with Crippen molar-refractivity contribution in [3.63, 3.8) is 0 Å². The minimum atomic E-state index is -3.37. The highest BCUT2D eigenvalue weighted by atomic mass is 32.2. The van der Waals surface area contributed by atoms with Crippen molar-refractivity contribution in [3.05, 3.63) is 47.8 Å². The van der Waals surface area contributed by atoms with E-state index in [1.807, 2.05) is 33.3 Å². The van der Waals surface area contributed by atoms with Crippen molar-refractivity contribution in [3.8, 4) is 0 Å². The van der Waals surface area contributed by atoms with Gasteiger partial charge in [0.05, 0.1) is 9.79 Å². The van der Waals surface area contributed by atoms with E-state index >= 15 is 0 Å². The molecule has 4 nitrogen and oxygen atoms in total. The Morgan fingerprint density at radius 1 is 1.00 bits per heavy atom. The van der Waals surface area contributed by atoms with Crippen LogP contribution in [0, 0.1) is 0 Å². The second-order valence-corrected chi connectivity index (χ2v) is 7.60. The summed E-state index contributed by atoms with van der Waals surface area (Å²) in [5, 5.41) is 2.75. The van der Waals surface area contributed by atoms with E-state index in [9.17, 15) is 8.42 Å². The van der Waals surface area contributed by atoms with Crippen LogP contribution in [0.15, 0.2) is 46.5 Å². The van der Waals surface area contributed by atoms with Gasteiger partial charge in [-0.2, -0.15) is 0 Å². The van der Waals surface area contributed by atoms with Gasteiger partial charge in [0.25, 0.3) is 0 Å². The number of rotatable bonds is 2. The number of hydrogen-bond donors (Lipinski definition) is 1. The number of fused-ring (bicyclic) bond motifs is 1. The second-order valence-electron chi connectivity index (χ2n) is 5.65. The maximum Gasteiger partial charge on any atom is 0.208 e. The molecule has 0 unspecified atom stereocenters. The van der Waals surface area contributed by atoms with Gasteiger partial charge in [0, 0.05) is 19.4 Å². The molecule has 22 heavy (non-hydrogen) atoms. The van der Waals surface area contributed by atoms with Gasteiger partial charge in [0.2, 0.25) is 9.84 Å². The van der Waals surface area contributed by atoms with Crippen LogP contribution in [0.4, 0.5) is 0 Å². The lowest BCUT2D eigenvalue weighted by atomic mass is 9.92. The molecule has 1 aliphatic rings. The first kappa shape index (κ1) is 16.8. The predicted molar refractivity (Wildman–Crippen MR) is 88.9 cm³/mol. The van der Waals surface area contributed by atoms with Gasteiger partial charge in [-0.1, -0.05) is 6.07 Å². The van der Waals surface area contributed by atoms with Crippen LogP contribution in [-0.2, 0) is 29.7 Å². The molecule has 1 aromatic carbocycles. The average Bonchev–Trinajstić information content (AvgIpc) is 2.95. The van der Waals surface area contributed by atoms with E-state index in [1.165, 1.54) is 17.5 Å². The van der Waals surface area contributed by atoms with Gasteiger partial charge in [-0.3, -0.25) is 0 Å². The van der Waals surface area contributed by atoms with Gasteiger partial charge in [0.1, 0.15) is 0 Å². The molecule has 1 N–H and O–H groups in total. The Kier molecular flexibility index (Phi) is 5.42. The SMILES string of the molecule is CNC.Cn1ccc(S(=O)(=O)c2ccc3c(c2)CCCC3)c1. The molecule has 120 valence electrons. The zero-order valence-corrected chi connectivity index (χ0v) is 14.3. The normalized spacial score (nSPS) is 14.0. The molecule has 0 saturated heterocycles. The van der Waals surface area contributed by atoms with E-state index < -0.39 is 9.84 Å². The third-order valence-electron chi connectivity index (χ3n) is 3.75. The van der Waals surface area contributed by atoms with Crippen LogP contribution >= 0.6 is 0 Å². The van der Waals surface area contributed by atoms with Crippen LogP contribution < -0.4 is 5.32 Å². The van der Waals surface area contributed by atoms with Crippen molar-refractivity contribution in [1.29, 1.82) is 0 Å². The van der Waals surface area contributed by atoms with E-state index in [2.05, 4.69) is 5.32 Å². The van der Waals surface area contributed by atoms with Crippen LogP contribution in [0.5, 0.6) is 0 Å². The first-order valence-electron chi connectivity index (χ1n) is 7.56. The fourth-order valence-electron chi connectivity index (χ4n) is 2.65. The Hall–Kier alpha value is -1.59. The molecule has 5 heteroatoms. The van der Waals surface area contributed by atoms with Crippen molar-refractivity contribution in [2.45, 2.75) is 35.5 Å². The molecule has 0 atom stereocenters. The molecule has 1 aliphatic carbocycles. The zero-order chi connectivity index (χ0) is 16.2. The molecule has 1 aromatic heterocycles. The molecule has 0 aliphatic heterocycles. The summed E-state index contributed by atoms with van der Waals surface area (Å²) >= 11 is 0. The molecular formula is C17H24N2O2S. The lowest BCUT2D eigenvalue weighted by Gasteiger charge is -2.16. The molecule has 0 spiro atoms. The highest BCUT2D eigenvalue weighted by molar-refractivity contribution is 7.91. The highest BCUT2D eigenvalue weighted by Gasteiger charge is 2.20. The highest BCUT2D eigenvalue weighted by Crippen LogP contribution is 2.27. The van der Waals surface area contributed by atoms with Crippen LogP contribution in [0.25, 0.3) is 0 Å². The Morgan fingerprint density at radius 3 is 2.23 bits per heavy atom. The van der Waals surface area contributed by atoms with Crippen molar-refractivity contribution in [1.82, 2.24) is 9.88 Å². The van der Waals surface area contributed by atoms with E-state index in [4.69, 9.17) is 0 Å². The molecule has 2 aromatic rings. The largest absolute Gasteiger partial charge is 0.356 e. The fourth-order valence-corrected chi connectivity index (χ4v) is 4.01. The van der Waals surface area contributed by atoms with Crippen molar-refractivity contribution >= 4 is 9.84 Å². The molecule has 0 fully saturated rings. The third kappa shape index (κ3) is 3.59. The molecular weight excluding hydrogens is 296 g/mol. The predicted octanol–water partition coefficient (Wildman–Crippen LogP) is 2.57. The topological polar surface area (TPSA) is 51.1 Å². The summed E-state index contributed by atoms with van der Waals surface area (Å²) in [5.41, 5.74) is 2.50. The Bertz CT molecular complexity index is 733. The van der Waals surface area contributed by atoms with Gasteiger partial charge in [-0.25, -0.2) is 8.42 Å². The number of aromatic nitrogens is 1. The number of sulfone groups is 1. The number of aryl methyl sites for hydroxylation is 3. The van der Waals surface area contributed by atoms with Crippen LogP contribution in [0.1, 0.15) is 24.0 Å². The maximum absolute atomic E-state index is 12.5. The lowest BCUT2D eigenvalue weighted by Crippen LogP contribution is -2.06. The molecule has 3 rings (SSSR count). The van der Waals surface area contributed by atoms with Crippen molar-refractivity contribution < 1.29 is 8.42 Å². The molecule has 0 amide bonds. The summed E-state index contributed by atoms with van der Waals surface area (Å²) in [6.45, 7) is 0. The van der Waals surface area contributed by atoms with E-state index in [-0.39, 0.29) is 0 Å². The third-order valence-corrected chi connectivity index (χ3v) is 5.48.